The fraction of sp³-hybridized carbons (Fsp3) is 0.538. The van der Waals surface area contributed by atoms with Crippen LogP contribution in [-0.4, -0.2) is 11.0 Å². The van der Waals surface area contributed by atoms with Crippen LogP contribution in [0, 0.1) is 16.0 Å². The van der Waals surface area contributed by atoms with Gasteiger partial charge in [-0.05, 0) is 40.8 Å². The molecule has 2 rings (SSSR count). The van der Waals surface area contributed by atoms with Crippen molar-refractivity contribution in [2.45, 2.75) is 38.6 Å². The van der Waals surface area contributed by atoms with Crippen molar-refractivity contribution in [3.8, 4) is 0 Å². The Balaban J connectivity index is 2.17. The lowest BCUT2D eigenvalue weighted by Gasteiger charge is -2.21. The zero-order valence-electron chi connectivity index (χ0n) is 10.4. The summed E-state index contributed by atoms with van der Waals surface area (Å²) in [5, 5.41) is 14.2. The number of benzene rings is 1. The maximum Gasteiger partial charge on any atom is 0.271 e. The van der Waals surface area contributed by atoms with Crippen LogP contribution in [0.3, 0.4) is 0 Å². The molecule has 1 aliphatic rings. The van der Waals surface area contributed by atoms with Crippen molar-refractivity contribution in [2.75, 3.05) is 5.32 Å². The van der Waals surface area contributed by atoms with E-state index in [0.29, 0.717) is 12.0 Å². The minimum atomic E-state index is -0.358. The van der Waals surface area contributed by atoms with Crippen LogP contribution in [0.25, 0.3) is 0 Å². The highest BCUT2D eigenvalue weighted by Gasteiger charge is 2.26. The highest BCUT2D eigenvalue weighted by molar-refractivity contribution is 9.10. The van der Waals surface area contributed by atoms with Gasteiger partial charge in [-0.1, -0.05) is 19.8 Å². The fourth-order valence-electron chi connectivity index (χ4n) is 2.65. The van der Waals surface area contributed by atoms with E-state index < -0.39 is 0 Å². The Morgan fingerprint density at radius 3 is 2.94 bits per heavy atom. The second-order valence-corrected chi connectivity index (χ2v) is 5.63. The van der Waals surface area contributed by atoms with E-state index in [0.717, 1.165) is 23.0 Å². The monoisotopic (exact) mass is 312 g/mol. The molecule has 5 heteroatoms. The molecule has 2 atom stereocenters. The Bertz CT molecular complexity index is 451. The van der Waals surface area contributed by atoms with Crippen LogP contribution in [-0.2, 0) is 0 Å². The first-order valence-corrected chi connectivity index (χ1v) is 7.11. The Morgan fingerprint density at radius 1 is 1.50 bits per heavy atom. The molecule has 0 aliphatic heterocycles. The zero-order valence-corrected chi connectivity index (χ0v) is 11.9. The van der Waals surface area contributed by atoms with E-state index in [1.54, 1.807) is 12.1 Å². The molecule has 1 N–H and O–H groups in total. The smallest absolute Gasteiger partial charge is 0.271 e. The van der Waals surface area contributed by atoms with Crippen LogP contribution < -0.4 is 5.32 Å². The summed E-state index contributed by atoms with van der Waals surface area (Å²) in [5.74, 6) is 0.677. The first kappa shape index (κ1) is 13.3. The molecule has 2 unspecified atom stereocenters. The van der Waals surface area contributed by atoms with Gasteiger partial charge in [-0.25, -0.2) is 0 Å². The van der Waals surface area contributed by atoms with Gasteiger partial charge < -0.3 is 5.32 Å². The van der Waals surface area contributed by atoms with Gasteiger partial charge in [0.15, 0.2) is 0 Å². The molecule has 1 saturated carbocycles. The van der Waals surface area contributed by atoms with E-state index >= 15 is 0 Å². The highest BCUT2D eigenvalue weighted by Crippen LogP contribution is 2.34. The molecule has 1 aromatic carbocycles. The van der Waals surface area contributed by atoms with Gasteiger partial charge in [0, 0.05) is 22.6 Å². The topological polar surface area (TPSA) is 55.2 Å². The van der Waals surface area contributed by atoms with Gasteiger partial charge in [0.1, 0.15) is 0 Å². The maximum atomic E-state index is 10.8. The number of nitrogens with one attached hydrogen (secondary N) is 1. The summed E-state index contributed by atoms with van der Waals surface area (Å²) in [6, 6.07) is 5.29. The SMILES string of the molecule is CCC1CCCC1Nc1cc([N+](=O)[O-])ccc1Br. The molecule has 1 fully saturated rings. The first-order chi connectivity index (χ1) is 8.61. The van der Waals surface area contributed by atoms with Crippen molar-refractivity contribution < 1.29 is 4.92 Å². The van der Waals surface area contributed by atoms with Gasteiger partial charge in [-0.3, -0.25) is 10.1 Å². The van der Waals surface area contributed by atoms with Gasteiger partial charge in [-0.15, -0.1) is 0 Å². The Morgan fingerprint density at radius 2 is 2.28 bits per heavy atom. The zero-order chi connectivity index (χ0) is 13.1. The molecule has 1 aliphatic carbocycles. The average Bonchev–Trinajstić information content (AvgIpc) is 2.79. The number of nitrogens with zero attached hydrogens (tertiary/aromatic N) is 1. The van der Waals surface area contributed by atoms with Gasteiger partial charge >= 0.3 is 0 Å². The van der Waals surface area contributed by atoms with Crippen LogP contribution in [0.15, 0.2) is 22.7 Å². The summed E-state index contributed by atoms with van der Waals surface area (Å²) in [7, 11) is 0. The standard InChI is InChI=1S/C13H17BrN2O2/c1-2-9-4-3-5-12(9)15-13-8-10(16(17)18)6-7-11(13)14/h6-9,12,15H,2-5H2,1H3. The quantitative estimate of drug-likeness (QED) is 0.664. The van der Waals surface area contributed by atoms with E-state index in [1.807, 2.05) is 0 Å². The van der Waals surface area contributed by atoms with Gasteiger partial charge in [0.05, 0.1) is 10.6 Å². The van der Waals surface area contributed by atoms with Crippen LogP contribution in [0.2, 0.25) is 0 Å². The number of halogens is 1. The third-order valence-electron chi connectivity index (χ3n) is 3.69. The molecule has 0 saturated heterocycles. The molecule has 0 heterocycles. The van der Waals surface area contributed by atoms with Crippen molar-refractivity contribution in [1.82, 2.24) is 0 Å². The van der Waals surface area contributed by atoms with Crippen LogP contribution >= 0.6 is 15.9 Å². The molecule has 0 amide bonds. The largest absolute Gasteiger partial charge is 0.381 e. The highest BCUT2D eigenvalue weighted by atomic mass is 79.9. The van der Waals surface area contributed by atoms with Gasteiger partial charge in [0.2, 0.25) is 0 Å². The molecule has 0 spiro atoms. The summed E-state index contributed by atoms with van der Waals surface area (Å²) < 4.78 is 0.884. The Hall–Kier alpha value is -1.10. The van der Waals surface area contributed by atoms with Crippen molar-refractivity contribution >= 4 is 27.3 Å². The second-order valence-electron chi connectivity index (χ2n) is 4.77. The third kappa shape index (κ3) is 2.83. The maximum absolute atomic E-state index is 10.8. The van der Waals surface area contributed by atoms with Crippen molar-refractivity contribution in [3.05, 3.63) is 32.8 Å². The fourth-order valence-corrected chi connectivity index (χ4v) is 3.01. The van der Waals surface area contributed by atoms with E-state index in [1.165, 1.54) is 18.9 Å². The van der Waals surface area contributed by atoms with Crippen molar-refractivity contribution in [2.24, 2.45) is 5.92 Å². The molecule has 0 aromatic heterocycles. The van der Waals surface area contributed by atoms with Crippen molar-refractivity contribution in [1.29, 1.82) is 0 Å². The van der Waals surface area contributed by atoms with E-state index in [2.05, 4.69) is 28.2 Å². The summed E-state index contributed by atoms with van der Waals surface area (Å²) in [5.41, 5.74) is 0.960. The van der Waals surface area contributed by atoms with Crippen molar-refractivity contribution in [3.63, 3.8) is 0 Å². The lowest BCUT2D eigenvalue weighted by molar-refractivity contribution is -0.384. The molecule has 0 bridgehead atoms. The minimum absolute atomic E-state index is 0.131. The van der Waals surface area contributed by atoms with E-state index in [9.17, 15) is 10.1 Å². The number of nitro groups is 1. The molecule has 4 nitrogen and oxygen atoms in total. The molecular formula is C13H17BrN2O2. The number of anilines is 1. The molecular weight excluding hydrogens is 296 g/mol. The molecule has 0 radical (unpaired) electrons. The summed E-state index contributed by atoms with van der Waals surface area (Å²) >= 11 is 3.44. The average molecular weight is 313 g/mol. The lowest BCUT2D eigenvalue weighted by atomic mass is 10.0. The molecule has 98 valence electrons. The van der Waals surface area contributed by atoms with Crippen LogP contribution in [0.1, 0.15) is 32.6 Å². The minimum Gasteiger partial charge on any atom is -0.381 e. The van der Waals surface area contributed by atoms with Gasteiger partial charge in [0.25, 0.3) is 5.69 Å². The molecule has 1 aromatic rings. The summed E-state index contributed by atoms with van der Waals surface area (Å²) in [4.78, 5) is 10.4. The predicted octanol–water partition coefficient (Wildman–Crippen LogP) is 4.35. The van der Waals surface area contributed by atoms with E-state index in [4.69, 9.17) is 0 Å². The molecule has 18 heavy (non-hydrogen) atoms. The summed E-state index contributed by atoms with van der Waals surface area (Å²) in [6.45, 7) is 2.20. The Kier molecular flexibility index (Phi) is 4.22. The Labute approximate surface area is 115 Å². The number of hydrogen-bond acceptors (Lipinski definition) is 3. The lowest BCUT2D eigenvalue weighted by Crippen LogP contribution is -2.23. The number of non-ortho nitro benzene ring substituents is 1. The predicted molar refractivity (Wildman–Crippen MR) is 75.8 cm³/mol. The first-order valence-electron chi connectivity index (χ1n) is 6.32. The van der Waals surface area contributed by atoms with E-state index in [-0.39, 0.29) is 10.6 Å². The van der Waals surface area contributed by atoms with Crippen LogP contribution in [0.4, 0.5) is 11.4 Å². The normalized spacial score (nSPS) is 23.0. The third-order valence-corrected chi connectivity index (χ3v) is 4.38. The number of hydrogen-bond donors (Lipinski definition) is 1. The number of rotatable bonds is 4. The second kappa shape index (κ2) is 5.69. The number of nitro benzene ring substituents is 1. The van der Waals surface area contributed by atoms with Gasteiger partial charge in [-0.2, -0.15) is 0 Å². The van der Waals surface area contributed by atoms with Crippen LogP contribution in [0.5, 0.6) is 0 Å². The summed E-state index contributed by atoms with van der Waals surface area (Å²) in [6.07, 6.45) is 4.79.